The fourth-order valence-electron chi connectivity index (χ4n) is 3.40. The van der Waals surface area contributed by atoms with Gasteiger partial charge in [-0.25, -0.2) is 9.97 Å². The highest BCUT2D eigenvalue weighted by Gasteiger charge is 2.27. The number of morpholine rings is 1. The first-order valence-corrected chi connectivity index (χ1v) is 9.32. The Morgan fingerprint density at radius 3 is 2.32 bits per heavy atom. The van der Waals surface area contributed by atoms with Gasteiger partial charge in [-0.15, -0.1) is 0 Å². The Labute approximate surface area is 151 Å². The van der Waals surface area contributed by atoms with Crippen LogP contribution in [0.15, 0.2) is 12.4 Å². The second-order valence-corrected chi connectivity index (χ2v) is 7.70. The van der Waals surface area contributed by atoms with Gasteiger partial charge in [0.1, 0.15) is 0 Å². The molecule has 7 heteroatoms. The van der Waals surface area contributed by atoms with Crippen LogP contribution >= 0.6 is 0 Å². The number of aromatic nitrogens is 2. The molecule has 0 aromatic carbocycles. The Balaban J connectivity index is 1.45. The van der Waals surface area contributed by atoms with Crippen LogP contribution in [0.1, 0.15) is 19.4 Å². The summed E-state index contributed by atoms with van der Waals surface area (Å²) < 4.78 is 5.45. The molecule has 0 atom stereocenters. The minimum Gasteiger partial charge on any atom is -0.379 e. The lowest BCUT2D eigenvalue weighted by molar-refractivity contribution is -0.00967. The highest BCUT2D eigenvalue weighted by Crippen LogP contribution is 2.15. The molecule has 2 saturated heterocycles. The van der Waals surface area contributed by atoms with Gasteiger partial charge in [0, 0.05) is 75.9 Å². The highest BCUT2D eigenvalue weighted by atomic mass is 16.5. The Bertz CT molecular complexity index is 521. The van der Waals surface area contributed by atoms with Crippen molar-refractivity contribution < 1.29 is 4.74 Å². The van der Waals surface area contributed by atoms with Crippen LogP contribution in [0.3, 0.4) is 0 Å². The smallest absolute Gasteiger partial charge is 0.225 e. The molecule has 0 amide bonds. The van der Waals surface area contributed by atoms with Crippen molar-refractivity contribution >= 4 is 5.95 Å². The van der Waals surface area contributed by atoms with Crippen molar-refractivity contribution in [3.05, 3.63) is 18.0 Å². The van der Waals surface area contributed by atoms with E-state index in [1.165, 1.54) is 0 Å². The fourth-order valence-corrected chi connectivity index (χ4v) is 3.40. The maximum Gasteiger partial charge on any atom is 0.225 e. The van der Waals surface area contributed by atoms with E-state index in [0.717, 1.165) is 77.1 Å². The summed E-state index contributed by atoms with van der Waals surface area (Å²) in [4.78, 5) is 16.2. The van der Waals surface area contributed by atoms with E-state index in [1.807, 2.05) is 12.4 Å². The summed E-state index contributed by atoms with van der Waals surface area (Å²) in [5.74, 6) is 0.852. The minimum atomic E-state index is 0.129. The molecule has 140 valence electrons. The molecule has 0 spiro atoms. The summed E-state index contributed by atoms with van der Waals surface area (Å²) in [6.07, 6.45) is 3.91. The first-order chi connectivity index (χ1) is 12.0. The molecule has 3 heterocycles. The van der Waals surface area contributed by atoms with Gasteiger partial charge >= 0.3 is 0 Å². The number of piperazine rings is 1. The van der Waals surface area contributed by atoms with Crippen LogP contribution in [0, 0.1) is 0 Å². The largest absolute Gasteiger partial charge is 0.379 e. The normalized spacial score (nSPS) is 20.8. The number of hydrogen-bond donors (Lipinski definition) is 1. The van der Waals surface area contributed by atoms with E-state index in [9.17, 15) is 0 Å². The Morgan fingerprint density at radius 2 is 1.68 bits per heavy atom. The summed E-state index contributed by atoms with van der Waals surface area (Å²) >= 11 is 0. The maximum atomic E-state index is 5.45. The van der Waals surface area contributed by atoms with E-state index in [4.69, 9.17) is 4.74 Å². The highest BCUT2D eigenvalue weighted by molar-refractivity contribution is 5.30. The topological polar surface area (TPSA) is 56.8 Å². The lowest BCUT2D eigenvalue weighted by atomic mass is 10.0. The molecule has 0 aliphatic carbocycles. The van der Waals surface area contributed by atoms with E-state index in [2.05, 4.69) is 50.9 Å². The maximum absolute atomic E-state index is 5.45. The molecule has 0 radical (unpaired) electrons. The van der Waals surface area contributed by atoms with E-state index in [0.29, 0.717) is 0 Å². The van der Waals surface area contributed by atoms with E-state index in [1.54, 1.807) is 0 Å². The van der Waals surface area contributed by atoms with Gasteiger partial charge in [0.2, 0.25) is 5.95 Å². The zero-order chi connectivity index (χ0) is 17.7. The summed E-state index contributed by atoms with van der Waals surface area (Å²) in [6.45, 7) is 14.2. The van der Waals surface area contributed by atoms with Crippen LogP contribution in [-0.2, 0) is 11.3 Å². The van der Waals surface area contributed by atoms with E-state index in [-0.39, 0.29) is 5.54 Å². The third-order valence-electron chi connectivity index (χ3n) is 5.23. The zero-order valence-electron chi connectivity index (χ0n) is 15.9. The first kappa shape index (κ1) is 18.5. The average molecular weight is 348 g/mol. The third-order valence-corrected chi connectivity index (χ3v) is 5.23. The first-order valence-electron chi connectivity index (χ1n) is 9.32. The van der Waals surface area contributed by atoms with Gasteiger partial charge in [-0.1, -0.05) is 0 Å². The number of rotatable bonds is 6. The molecule has 0 saturated carbocycles. The molecule has 2 fully saturated rings. The molecule has 25 heavy (non-hydrogen) atoms. The van der Waals surface area contributed by atoms with Crippen LogP contribution in [0.4, 0.5) is 5.95 Å². The number of nitrogens with one attached hydrogen (secondary N) is 1. The molecular weight excluding hydrogens is 316 g/mol. The number of likely N-dealkylation sites (N-methyl/N-ethyl adjacent to an activating group) is 1. The molecular formula is C18H32N6O. The van der Waals surface area contributed by atoms with Gasteiger partial charge in [0.05, 0.1) is 13.2 Å². The summed E-state index contributed by atoms with van der Waals surface area (Å²) in [5, 5.41) is 3.56. The van der Waals surface area contributed by atoms with Gasteiger partial charge in [0.25, 0.3) is 0 Å². The fraction of sp³-hybridized carbons (Fsp3) is 0.778. The Morgan fingerprint density at radius 1 is 1.04 bits per heavy atom. The van der Waals surface area contributed by atoms with Gasteiger partial charge in [-0.2, -0.15) is 0 Å². The lowest BCUT2D eigenvalue weighted by Crippen LogP contribution is -2.54. The van der Waals surface area contributed by atoms with Crippen molar-refractivity contribution in [2.45, 2.75) is 25.9 Å². The molecule has 2 aliphatic rings. The molecule has 1 aromatic rings. The van der Waals surface area contributed by atoms with Gasteiger partial charge < -0.3 is 19.9 Å². The van der Waals surface area contributed by atoms with Crippen molar-refractivity contribution in [1.82, 2.24) is 25.1 Å². The minimum absolute atomic E-state index is 0.129. The van der Waals surface area contributed by atoms with Crippen LogP contribution < -0.4 is 10.2 Å². The van der Waals surface area contributed by atoms with Gasteiger partial charge in [-0.05, 0) is 20.9 Å². The molecule has 1 aromatic heterocycles. The second kappa shape index (κ2) is 8.40. The molecule has 0 unspecified atom stereocenters. The molecule has 2 aliphatic heterocycles. The summed E-state index contributed by atoms with van der Waals surface area (Å²) in [6, 6.07) is 0. The van der Waals surface area contributed by atoms with Crippen LogP contribution in [0.25, 0.3) is 0 Å². The van der Waals surface area contributed by atoms with Crippen molar-refractivity contribution in [2.75, 3.05) is 71.0 Å². The van der Waals surface area contributed by atoms with Crippen molar-refractivity contribution in [3.63, 3.8) is 0 Å². The van der Waals surface area contributed by atoms with Gasteiger partial charge in [0.15, 0.2) is 0 Å². The van der Waals surface area contributed by atoms with Crippen LogP contribution in [0.5, 0.6) is 0 Å². The summed E-state index contributed by atoms with van der Waals surface area (Å²) in [5.41, 5.74) is 1.26. The van der Waals surface area contributed by atoms with Crippen LogP contribution in [0.2, 0.25) is 0 Å². The zero-order valence-corrected chi connectivity index (χ0v) is 15.9. The monoisotopic (exact) mass is 348 g/mol. The Hall–Kier alpha value is -1.28. The van der Waals surface area contributed by atoms with Crippen molar-refractivity contribution in [1.29, 1.82) is 0 Å². The SMILES string of the molecule is CN1CCN(c2ncc(CNCC(C)(C)N3CCOCC3)cn2)CC1. The summed E-state index contributed by atoms with van der Waals surface area (Å²) in [7, 11) is 2.16. The molecule has 0 bridgehead atoms. The standard InChI is InChI=1S/C18H32N6O/c1-18(2,24-8-10-25-11-9-24)15-19-12-16-13-20-17(21-14-16)23-6-4-22(3)5-7-23/h13-14,19H,4-12,15H2,1-3H3. The predicted octanol–water partition coefficient (Wildman–Crippen LogP) is 0.429. The molecule has 1 N–H and O–H groups in total. The second-order valence-electron chi connectivity index (χ2n) is 7.70. The quantitative estimate of drug-likeness (QED) is 0.800. The number of hydrogen-bond acceptors (Lipinski definition) is 7. The molecule has 3 rings (SSSR count). The predicted molar refractivity (Wildman–Crippen MR) is 99.9 cm³/mol. The third kappa shape index (κ3) is 5.10. The number of anilines is 1. The van der Waals surface area contributed by atoms with Crippen molar-refractivity contribution in [3.8, 4) is 0 Å². The molecule has 7 nitrogen and oxygen atoms in total. The van der Waals surface area contributed by atoms with E-state index >= 15 is 0 Å². The Kier molecular flexibility index (Phi) is 6.22. The average Bonchev–Trinajstić information content (AvgIpc) is 2.64. The lowest BCUT2D eigenvalue weighted by Gasteiger charge is -2.41. The number of nitrogens with zero attached hydrogens (tertiary/aromatic N) is 5. The van der Waals surface area contributed by atoms with Crippen LogP contribution in [-0.4, -0.2) is 91.4 Å². The van der Waals surface area contributed by atoms with E-state index < -0.39 is 0 Å². The van der Waals surface area contributed by atoms with Gasteiger partial charge in [-0.3, -0.25) is 4.90 Å². The van der Waals surface area contributed by atoms with Crippen molar-refractivity contribution in [2.24, 2.45) is 0 Å². The number of ether oxygens (including phenoxy) is 1.